The number of carbonyl (C=O) groups is 2. The van der Waals surface area contributed by atoms with Gasteiger partial charge in [-0.2, -0.15) is 0 Å². The first-order chi connectivity index (χ1) is 14.5. The number of amides is 2. The van der Waals surface area contributed by atoms with Gasteiger partial charge in [-0.1, -0.05) is 61.0 Å². The highest BCUT2D eigenvalue weighted by molar-refractivity contribution is 8.00. The van der Waals surface area contributed by atoms with Crippen molar-refractivity contribution < 1.29 is 9.59 Å². The summed E-state index contributed by atoms with van der Waals surface area (Å²) in [5.41, 5.74) is 3.65. The van der Waals surface area contributed by atoms with Crippen molar-refractivity contribution in [3.05, 3.63) is 90.0 Å². The zero-order chi connectivity index (χ0) is 21.3. The largest absolute Gasteiger partial charge is 0.326 e. The summed E-state index contributed by atoms with van der Waals surface area (Å²) in [5.74, 6) is -0.0858. The van der Waals surface area contributed by atoms with Crippen LogP contribution in [0.5, 0.6) is 0 Å². The molecule has 0 aromatic heterocycles. The first kappa shape index (κ1) is 21.7. The maximum Gasteiger partial charge on any atom is 0.237 e. The molecule has 4 nitrogen and oxygen atoms in total. The molecule has 0 radical (unpaired) electrons. The molecule has 0 aliphatic carbocycles. The van der Waals surface area contributed by atoms with Gasteiger partial charge in [0, 0.05) is 16.3 Å². The molecular weight excluding hydrogens is 392 g/mol. The Kier molecular flexibility index (Phi) is 7.69. The number of carbonyl (C=O) groups excluding carboxylic acids is 2. The van der Waals surface area contributed by atoms with Gasteiger partial charge in [0.25, 0.3) is 0 Å². The van der Waals surface area contributed by atoms with Crippen molar-refractivity contribution in [2.24, 2.45) is 0 Å². The highest BCUT2D eigenvalue weighted by Crippen LogP contribution is 2.28. The van der Waals surface area contributed by atoms with Gasteiger partial charge in [0.2, 0.25) is 11.8 Å². The Morgan fingerprint density at radius 2 is 1.60 bits per heavy atom. The molecule has 3 rings (SSSR count). The Balaban J connectivity index is 1.60. The quantitative estimate of drug-likeness (QED) is 0.462. The van der Waals surface area contributed by atoms with Crippen LogP contribution >= 0.6 is 11.8 Å². The van der Waals surface area contributed by atoms with Gasteiger partial charge in [0.15, 0.2) is 0 Å². The summed E-state index contributed by atoms with van der Waals surface area (Å²) >= 11 is 1.50. The lowest BCUT2D eigenvalue weighted by atomic mass is 10.1. The monoisotopic (exact) mass is 418 g/mol. The van der Waals surface area contributed by atoms with Crippen molar-refractivity contribution in [1.29, 1.82) is 0 Å². The Morgan fingerprint density at radius 3 is 2.30 bits per heavy atom. The van der Waals surface area contributed by atoms with Crippen molar-refractivity contribution in [2.45, 2.75) is 36.8 Å². The van der Waals surface area contributed by atoms with E-state index in [9.17, 15) is 9.59 Å². The van der Waals surface area contributed by atoms with E-state index in [1.165, 1.54) is 11.8 Å². The molecule has 0 fully saturated rings. The summed E-state index contributed by atoms with van der Waals surface area (Å²) in [6.07, 6.45) is 1.03. The maximum atomic E-state index is 12.7. The fourth-order valence-corrected chi connectivity index (χ4v) is 3.99. The molecule has 1 atom stereocenters. The van der Waals surface area contributed by atoms with E-state index >= 15 is 0 Å². The third-order valence-corrected chi connectivity index (χ3v) is 5.94. The third kappa shape index (κ3) is 6.49. The van der Waals surface area contributed by atoms with Crippen LogP contribution in [-0.2, 0) is 16.0 Å². The Hall–Kier alpha value is -3.05. The zero-order valence-electron chi connectivity index (χ0n) is 17.2. The number of thioether (sulfide) groups is 1. The van der Waals surface area contributed by atoms with Crippen LogP contribution in [0.15, 0.2) is 83.8 Å². The number of hydrogen-bond donors (Lipinski definition) is 2. The minimum absolute atomic E-state index is 0.0233. The molecular formula is C25H26N2O2S. The van der Waals surface area contributed by atoms with Gasteiger partial charge < -0.3 is 10.6 Å². The number of hydrogen-bond acceptors (Lipinski definition) is 3. The first-order valence-electron chi connectivity index (χ1n) is 10.0. The molecule has 2 amide bonds. The predicted molar refractivity (Wildman–Crippen MR) is 125 cm³/mol. The van der Waals surface area contributed by atoms with E-state index < -0.39 is 0 Å². The van der Waals surface area contributed by atoms with E-state index in [-0.39, 0.29) is 17.1 Å². The topological polar surface area (TPSA) is 58.2 Å². The highest BCUT2D eigenvalue weighted by atomic mass is 32.2. The first-order valence-corrected chi connectivity index (χ1v) is 10.9. The molecule has 0 spiro atoms. The lowest BCUT2D eigenvalue weighted by molar-refractivity contribution is -0.116. The second-order valence-electron chi connectivity index (χ2n) is 7.11. The van der Waals surface area contributed by atoms with E-state index in [1.807, 2.05) is 92.7 Å². The Labute approximate surface area is 182 Å². The zero-order valence-corrected chi connectivity index (χ0v) is 18.0. The molecule has 0 aliphatic heterocycles. The number of benzene rings is 3. The van der Waals surface area contributed by atoms with Crippen LogP contribution in [0.2, 0.25) is 0 Å². The van der Waals surface area contributed by atoms with Crippen LogP contribution in [0, 0.1) is 6.92 Å². The number of rotatable bonds is 8. The van der Waals surface area contributed by atoms with E-state index in [2.05, 4.69) is 10.6 Å². The fourth-order valence-electron chi connectivity index (χ4n) is 2.98. The summed E-state index contributed by atoms with van der Waals surface area (Å²) in [6, 6.07) is 25.0. The Bertz CT molecular complexity index is 988. The minimum atomic E-state index is -0.221. The van der Waals surface area contributed by atoms with Crippen LogP contribution in [-0.4, -0.2) is 17.1 Å². The highest BCUT2D eigenvalue weighted by Gasteiger charge is 2.18. The van der Waals surface area contributed by atoms with Crippen LogP contribution in [0.4, 0.5) is 11.4 Å². The van der Waals surface area contributed by atoms with E-state index in [1.54, 1.807) is 0 Å². The molecule has 1 unspecified atom stereocenters. The molecule has 3 aromatic carbocycles. The van der Waals surface area contributed by atoms with Crippen molar-refractivity contribution in [3.8, 4) is 0 Å². The minimum Gasteiger partial charge on any atom is -0.326 e. The summed E-state index contributed by atoms with van der Waals surface area (Å²) in [5, 5.41) is 5.71. The number of nitrogens with one attached hydrogen (secondary N) is 2. The summed E-state index contributed by atoms with van der Waals surface area (Å²) in [4.78, 5) is 26.0. The average molecular weight is 419 g/mol. The van der Waals surface area contributed by atoms with Crippen LogP contribution in [0.25, 0.3) is 0 Å². The van der Waals surface area contributed by atoms with E-state index in [0.29, 0.717) is 12.8 Å². The van der Waals surface area contributed by atoms with Gasteiger partial charge in [-0.05, 0) is 49.2 Å². The predicted octanol–water partition coefficient (Wildman–Crippen LogP) is 5.69. The van der Waals surface area contributed by atoms with Gasteiger partial charge in [0.1, 0.15) is 0 Å². The van der Waals surface area contributed by atoms with E-state index in [4.69, 9.17) is 0 Å². The summed E-state index contributed by atoms with van der Waals surface area (Å²) in [6.45, 7) is 4.01. The molecule has 2 N–H and O–H groups in total. The van der Waals surface area contributed by atoms with Crippen molar-refractivity contribution in [2.75, 3.05) is 10.6 Å². The summed E-state index contributed by atoms with van der Waals surface area (Å²) in [7, 11) is 0. The molecule has 30 heavy (non-hydrogen) atoms. The van der Waals surface area contributed by atoms with Gasteiger partial charge in [-0.25, -0.2) is 0 Å². The Morgan fingerprint density at radius 1 is 0.867 bits per heavy atom. The molecule has 3 aromatic rings. The smallest absolute Gasteiger partial charge is 0.237 e. The molecule has 0 saturated carbocycles. The number of aryl methyl sites for hydroxylation is 1. The number of anilines is 2. The molecule has 0 aliphatic rings. The van der Waals surface area contributed by atoms with E-state index in [0.717, 1.165) is 27.4 Å². The average Bonchev–Trinajstić information content (AvgIpc) is 2.74. The second kappa shape index (κ2) is 10.6. The molecule has 0 saturated heterocycles. The normalized spacial score (nSPS) is 11.5. The van der Waals surface area contributed by atoms with Crippen LogP contribution in [0.3, 0.4) is 0 Å². The van der Waals surface area contributed by atoms with Crippen molar-refractivity contribution in [1.82, 2.24) is 0 Å². The lowest BCUT2D eigenvalue weighted by Crippen LogP contribution is -2.24. The van der Waals surface area contributed by atoms with Crippen LogP contribution < -0.4 is 10.6 Å². The molecule has 5 heteroatoms. The standard InChI is InChI=1S/C25H26N2O2S/c1-3-23(25(29)27-20-14-12-18(2)13-15-20)30-22-11-7-10-21(17-22)26-24(28)16-19-8-5-4-6-9-19/h4-15,17,23H,3,16H2,1-2H3,(H,26,28)(H,27,29). The van der Waals surface area contributed by atoms with Crippen LogP contribution in [0.1, 0.15) is 24.5 Å². The molecule has 0 bridgehead atoms. The molecule has 0 heterocycles. The fraction of sp³-hybridized carbons (Fsp3) is 0.200. The van der Waals surface area contributed by atoms with Gasteiger partial charge in [-0.3, -0.25) is 9.59 Å². The second-order valence-corrected chi connectivity index (χ2v) is 8.38. The van der Waals surface area contributed by atoms with Gasteiger partial charge in [0.05, 0.1) is 11.7 Å². The van der Waals surface area contributed by atoms with Crippen molar-refractivity contribution >= 4 is 35.0 Å². The molecule has 154 valence electrons. The van der Waals surface area contributed by atoms with Gasteiger partial charge >= 0.3 is 0 Å². The van der Waals surface area contributed by atoms with Gasteiger partial charge in [-0.15, -0.1) is 11.8 Å². The summed E-state index contributed by atoms with van der Waals surface area (Å²) < 4.78 is 0. The SMILES string of the molecule is CCC(Sc1cccc(NC(=O)Cc2ccccc2)c1)C(=O)Nc1ccc(C)cc1. The lowest BCUT2D eigenvalue weighted by Gasteiger charge is -2.15. The van der Waals surface area contributed by atoms with Crippen molar-refractivity contribution in [3.63, 3.8) is 0 Å². The maximum absolute atomic E-state index is 12.7. The third-order valence-electron chi connectivity index (χ3n) is 4.59.